The third-order valence-corrected chi connectivity index (χ3v) is 5.72. The summed E-state index contributed by atoms with van der Waals surface area (Å²) in [6, 6.07) is 11.5. The summed E-state index contributed by atoms with van der Waals surface area (Å²) in [7, 11) is 1.65. The number of rotatable bonds is 5. The molecule has 0 amide bonds. The molecule has 0 saturated carbocycles. The van der Waals surface area contributed by atoms with Crippen LogP contribution in [0.4, 0.5) is 5.82 Å². The molecule has 0 spiro atoms. The molecule has 1 unspecified atom stereocenters. The molecule has 3 aromatic heterocycles. The summed E-state index contributed by atoms with van der Waals surface area (Å²) >= 11 is 0. The highest BCUT2D eigenvalue weighted by molar-refractivity contribution is 5.77. The fourth-order valence-electron chi connectivity index (χ4n) is 4.37. The molecule has 8 heteroatoms. The SMILES string of the molecule is COCCn1c(C2CCCN2c2cc(C)nc3ccnn23)nc2ccccc2c1=O. The smallest absolute Gasteiger partial charge is 0.261 e. The van der Waals surface area contributed by atoms with E-state index in [9.17, 15) is 4.79 Å². The lowest BCUT2D eigenvalue weighted by Gasteiger charge is -2.28. The molecule has 0 radical (unpaired) electrons. The van der Waals surface area contributed by atoms with Crippen LogP contribution in [0.2, 0.25) is 0 Å². The Morgan fingerprint density at radius 2 is 2.07 bits per heavy atom. The van der Waals surface area contributed by atoms with Gasteiger partial charge in [0.05, 0.1) is 36.3 Å². The highest BCUT2D eigenvalue weighted by Crippen LogP contribution is 2.35. The normalized spacial score (nSPS) is 16.7. The van der Waals surface area contributed by atoms with Crippen molar-refractivity contribution in [3.8, 4) is 0 Å². The Hall–Kier alpha value is -3.26. The van der Waals surface area contributed by atoms with Gasteiger partial charge < -0.3 is 9.64 Å². The average Bonchev–Trinajstić information content (AvgIpc) is 3.42. The summed E-state index contributed by atoms with van der Waals surface area (Å²) in [5.74, 6) is 1.76. The minimum atomic E-state index is -0.0200. The molecule has 8 nitrogen and oxygen atoms in total. The van der Waals surface area contributed by atoms with Gasteiger partial charge in [0.1, 0.15) is 11.6 Å². The molecule has 4 heterocycles. The fraction of sp³-hybridized carbons (Fsp3) is 0.364. The van der Waals surface area contributed by atoms with Gasteiger partial charge >= 0.3 is 0 Å². The van der Waals surface area contributed by atoms with Crippen molar-refractivity contribution < 1.29 is 4.74 Å². The van der Waals surface area contributed by atoms with E-state index in [2.05, 4.69) is 21.0 Å². The molecule has 1 aliphatic rings. The van der Waals surface area contributed by atoms with Crippen molar-refractivity contribution >= 4 is 22.4 Å². The molecule has 1 atom stereocenters. The zero-order chi connectivity index (χ0) is 20.7. The van der Waals surface area contributed by atoms with Crippen LogP contribution in [0.25, 0.3) is 16.6 Å². The zero-order valence-corrected chi connectivity index (χ0v) is 17.2. The summed E-state index contributed by atoms with van der Waals surface area (Å²) < 4.78 is 8.93. The molecule has 154 valence electrons. The Bertz CT molecular complexity index is 1280. The minimum Gasteiger partial charge on any atom is -0.383 e. The largest absolute Gasteiger partial charge is 0.383 e. The molecule has 1 saturated heterocycles. The van der Waals surface area contributed by atoms with Crippen LogP contribution in [0, 0.1) is 6.92 Å². The fourth-order valence-corrected chi connectivity index (χ4v) is 4.37. The van der Waals surface area contributed by atoms with Crippen LogP contribution in [0.5, 0.6) is 0 Å². The lowest BCUT2D eigenvalue weighted by atomic mass is 10.1. The second-order valence-corrected chi connectivity index (χ2v) is 7.65. The predicted molar refractivity (Wildman–Crippen MR) is 115 cm³/mol. The van der Waals surface area contributed by atoms with Gasteiger partial charge in [-0.1, -0.05) is 12.1 Å². The first kappa shape index (κ1) is 18.7. The Morgan fingerprint density at radius 1 is 1.20 bits per heavy atom. The van der Waals surface area contributed by atoms with Crippen LogP contribution < -0.4 is 10.5 Å². The highest BCUT2D eigenvalue weighted by Gasteiger charge is 2.32. The number of benzene rings is 1. The van der Waals surface area contributed by atoms with E-state index < -0.39 is 0 Å². The van der Waals surface area contributed by atoms with Crippen molar-refractivity contribution in [3.63, 3.8) is 0 Å². The van der Waals surface area contributed by atoms with E-state index in [1.165, 1.54) is 0 Å². The second kappa shape index (κ2) is 7.53. The minimum absolute atomic E-state index is 0.0188. The van der Waals surface area contributed by atoms with Crippen LogP contribution >= 0.6 is 0 Å². The van der Waals surface area contributed by atoms with Crippen LogP contribution in [-0.2, 0) is 11.3 Å². The van der Waals surface area contributed by atoms with Crippen molar-refractivity contribution in [1.82, 2.24) is 24.1 Å². The molecule has 0 N–H and O–H groups in total. The standard InChI is InChI=1S/C22H24N6O2/c1-15-14-20(28-19(24-15)9-10-23-28)26-11-5-8-18(26)21-25-17-7-4-3-6-16(17)22(29)27(21)12-13-30-2/h3-4,6-7,9-10,14,18H,5,8,11-13H2,1-2H3. The van der Waals surface area contributed by atoms with E-state index in [1.807, 2.05) is 41.8 Å². The van der Waals surface area contributed by atoms with Gasteiger partial charge in [-0.3, -0.25) is 9.36 Å². The van der Waals surface area contributed by atoms with Crippen molar-refractivity contribution in [3.05, 3.63) is 64.5 Å². The molecule has 5 rings (SSSR count). The number of hydrogen-bond acceptors (Lipinski definition) is 6. The first-order valence-electron chi connectivity index (χ1n) is 10.2. The Balaban J connectivity index is 1.68. The number of aromatic nitrogens is 5. The van der Waals surface area contributed by atoms with Gasteiger partial charge in [0.15, 0.2) is 5.65 Å². The van der Waals surface area contributed by atoms with Gasteiger partial charge in [-0.2, -0.15) is 9.61 Å². The van der Waals surface area contributed by atoms with Crippen molar-refractivity contribution in [2.75, 3.05) is 25.2 Å². The van der Waals surface area contributed by atoms with E-state index in [4.69, 9.17) is 9.72 Å². The summed E-state index contributed by atoms with van der Waals surface area (Å²) in [6.07, 6.45) is 3.70. The average molecular weight is 404 g/mol. The van der Waals surface area contributed by atoms with Crippen LogP contribution in [0.1, 0.15) is 30.4 Å². The first-order valence-corrected chi connectivity index (χ1v) is 10.2. The van der Waals surface area contributed by atoms with Crippen molar-refractivity contribution in [1.29, 1.82) is 0 Å². The molecule has 30 heavy (non-hydrogen) atoms. The van der Waals surface area contributed by atoms with Gasteiger partial charge in [-0.05, 0) is 31.9 Å². The molecule has 1 aliphatic heterocycles. The van der Waals surface area contributed by atoms with Gasteiger partial charge in [-0.15, -0.1) is 0 Å². The molecule has 4 aromatic rings. The van der Waals surface area contributed by atoms with Crippen LogP contribution in [-0.4, -0.2) is 44.4 Å². The zero-order valence-electron chi connectivity index (χ0n) is 17.2. The number of fused-ring (bicyclic) bond motifs is 2. The lowest BCUT2D eigenvalue weighted by Crippen LogP contribution is -2.34. The van der Waals surface area contributed by atoms with E-state index in [1.54, 1.807) is 17.9 Å². The first-order chi connectivity index (χ1) is 14.7. The predicted octanol–water partition coefficient (Wildman–Crippen LogP) is 2.74. The number of methoxy groups -OCH3 is 1. The summed E-state index contributed by atoms with van der Waals surface area (Å²) in [4.78, 5) is 25.1. The number of nitrogens with zero attached hydrogens (tertiary/aromatic N) is 6. The second-order valence-electron chi connectivity index (χ2n) is 7.65. The van der Waals surface area contributed by atoms with Gasteiger partial charge in [0.2, 0.25) is 0 Å². The maximum absolute atomic E-state index is 13.3. The van der Waals surface area contributed by atoms with E-state index in [0.717, 1.165) is 47.9 Å². The van der Waals surface area contributed by atoms with Crippen LogP contribution in [0.3, 0.4) is 0 Å². The lowest BCUT2D eigenvalue weighted by molar-refractivity contribution is 0.184. The van der Waals surface area contributed by atoms with E-state index >= 15 is 0 Å². The summed E-state index contributed by atoms with van der Waals surface area (Å²) in [6.45, 7) is 3.79. The molecule has 1 fully saturated rings. The molecular formula is C22H24N6O2. The van der Waals surface area contributed by atoms with Gasteiger partial charge in [0.25, 0.3) is 5.56 Å². The number of anilines is 1. The monoisotopic (exact) mass is 404 g/mol. The van der Waals surface area contributed by atoms with Crippen molar-refractivity contribution in [2.24, 2.45) is 0 Å². The van der Waals surface area contributed by atoms with Crippen LogP contribution in [0.15, 0.2) is 47.4 Å². The maximum atomic E-state index is 13.3. The maximum Gasteiger partial charge on any atom is 0.261 e. The quantitative estimate of drug-likeness (QED) is 0.509. The number of aryl methyl sites for hydroxylation is 1. The third-order valence-electron chi connectivity index (χ3n) is 5.72. The van der Waals surface area contributed by atoms with Gasteiger partial charge in [-0.25, -0.2) is 9.97 Å². The number of para-hydroxylation sites is 1. The topological polar surface area (TPSA) is 77.6 Å². The molecule has 0 bridgehead atoms. The number of hydrogen-bond donors (Lipinski definition) is 0. The summed E-state index contributed by atoms with van der Waals surface area (Å²) in [5.41, 5.74) is 2.47. The van der Waals surface area contributed by atoms with E-state index in [-0.39, 0.29) is 11.6 Å². The highest BCUT2D eigenvalue weighted by atomic mass is 16.5. The Morgan fingerprint density at radius 3 is 2.93 bits per heavy atom. The summed E-state index contributed by atoms with van der Waals surface area (Å²) in [5, 5.41) is 5.11. The molecule has 1 aromatic carbocycles. The van der Waals surface area contributed by atoms with Crippen molar-refractivity contribution in [2.45, 2.75) is 32.4 Å². The third kappa shape index (κ3) is 3.04. The number of ether oxygens (including phenoxy) is 1. The Labute approximate surface area is 173 Å². The molecule has 0 aliphatic carbocycles. The Kier molecular flexibility index (Phi) is 4.71. The van der Waals surface area contributed by atoms with Gasteiger partial charge in [0, 0.05) is 31.5 Å². The van der Waals surface area contributed by atoms with E-state index in [0.29, 0.717) is 18.5 Å². The molecular weight excluding hydrogens is 380 g/mol.